The average molecular weight is 576 g/mol. The van der Waals surface area contributed by atoms with E-state index in [0.717, 1.165) is 16.8 Å². The van der Waals surface area contributed by atoms with Gasteiger partial charge in [0.15, 0.2) is 17.3 Å². The molecule has 40 heavy (non-hydrogen) atoms. The first-order chi connectivity index (χ1) is 19.4. The van der Waals surface area contributed by atoms with Crippen LogP contribution in [-0.2, 0) is 20.7 Å². The van der Waals surface area contributed by atoms with Gasteiger partial charge in [0.25, 0.3) is 0 Å². The Kier molecular flexibility index (Phi) is 7.30. The summed E-state index contributed by atoms with van der Waals surface area (Å²) >= 11 is 12.9. The third-order valence-corrected chi connectivity index (χ3v) is 8.24. The Morgan fingerprint density at radius 3 is 2.48 bits per heavy atom. The van der Waals surface area contributed by atoms with E-state index in [4.69, 9.17) is 37.4 Å². The minimum Gasteiger partial charge on any atom is -0.462 e. The number of ketones is 1. The summed E-state index contributed by atoms with van der Waals surface area (Å²) in [5.74, 6) is -0.204. The van der Waals surface area contributed by atoms with Crippen molar-refractivity contribution >= 4 is 35.0 Å². The van der Waals surface area contributed by atoms with Crippen molar-refractivity contribution in [2.24, 2.45) is 0 Å². The van der Waals surface area contributed by atoms with Crippen molar-refractivity contribution in [2.45, 2.75) is 38.0 Å². The van der Waals surface area contributed by atoms with Crippen molar-refractivity contribution in [1.82, 2.24) is 5.32 Å². The summed E-state index contributed by atoms with van der Waals surface area (Å²) < 4.78 is 16.9. The van der Waals surface area contributed by atoms with Crippen LogP contribution in [0.4, 0.5) is 0 Å². The van der Waals surface area contributed by atoms with Crippen molar-refractivity contribution < 1.29 is 23.8 Å². The number of fused-ring (bicyclic) bond motifs is 1. The smallest absolute Gasteiger partial charge is 0.336 e. The highest BCUT2D eigenvalue weighted by Crippen LogP contribution is 2.49. The van der Waals surface area contributed by atoms with Gasteiger partial charge in [-0.2, -0.15) is 0 Å². The number of ether oxygens (including phenoxy) is 3. The molecular formula is C32H27Cl2NO5. The lowest BCUT2D eigenvalue weighted by Gasteiger charge is -2.37. The average Bonchev–Trinajstić information content (AvgIpc) is 3.40. The molecule has 0 fully saturated rings. The van der Waals surface area contributed by atoms with Crippen LogP contribution in [0.1, 0.15) is 48.3 Å². The van der Waals surface area contributed by atoms with Gasteiger partial charge in [-0.25, -0.2) is 4.79 Å². The van der Waals surface area contributed by atoms with E-state index in [0.29, 0.717) is 63.2 Å². The molecule has 2 atom stereocenters. The molecule has 0 bridgehead atoms. The highest BCUT2D eigenvalue weighted by molar-refractivity contribution is 6.32. The van der Waals surface area contributed by atoms with Crippen LogP contribution in [-0.4, -0.2) is 25.2 Å². The Morgan fingerprint density at radius 1 is 1.00 bits per heavy atom. The second-order valence-corrected chi connectivity index (χ2v) is 11.0. The molecule has 0 unspecified atom stereocenters. The van der Waals surface area contributed by atoms with E-state index in [-0.39, 0.29) is 25.1 Å². The van der Waals surface area contributed by atoms with Gasteiger partial charge >= 0.3 is 5.97 Å². The second-order valence-electron chi connectivity index (χ2n) is 10.2. The van der Waals surface area contributed by atoms with E-state index < -0.39 is 11.9 Å². The molecule has 6 nitrogen and oxygen atoms in total. The highest BCUT2D eigenvalue weighted by atomic mass is 35.5. The first-order valence-electron chi connectivity index (χ1n) is 13.2. The van der Waals surface area contributed by atoms with Crippen molar-refractivity contribution in [2.75, 3.05) is 13.4 Å². The molecule has 0 radical (unpaired) electrons. The van der Waals surface area contributed by atoms with Crippen LogP contribution in [0.25, 0.3) is 0 Å². The number of benzene rings is 3. The van der Waals surface area contributed by atoms with Crippen molar-refractivity contribution in [1.29, 1.82) is 0 Å². The molecule has 3 aromatic carbocycles. The zero-order valence-corrected chi connectivity index (χ0v) is 23.4. The van der Waals surface area contributed by atoms with Crippen LogP contribution in [0.3, 0.4) is 0 Å². The van der Waals surface area contributed by atoms with Gasteiger partial charge in [-0.3, -0.25) is 4.79 Å². The lowest BCUT2D eigenvalue weighted by molar-refractivity contribution is -0.139. The molecule has 3 aromatic rings. The van der Waals surface area contributed by atoms with E-state index in [1.807, 2.05) is 61.5 Å². The van der Waals surface area contributed by atoms with Gasteiger partial charge in [-0.1, -0.05) is 65.7 Å². The van der Waals surface area contributed by atoms with Gasteiger partial charge in [0.1, 0.15) is 0 Å². The predicted octanol–water partition coefficient (Wildman–Crippen LogP) is 6.87. The monoisotopic (exact) mass is 575 g/mol. The summed E-state index contributed by atoms with van der Waals surface area (Å²) in [6.45, 7) is 2.13. The number of halogens is 2. The van der Waals surface area contributed by atoms with Crippen LogP contribution in [0.2, 0.25) is 10.0 Å². The number of nitrogens with one attached hydrogen (secondary N) is 1. The third kappa shape index (κ3) is 5.09. The first kappa shape index (κ1) is 26.5. The molecule has 1 N–H and O–H groups in total. The fourth-order valence-corrected chi connectivity index (χ4v) is 6.12. The maximum absolute atomic E-state index is 13.9. The number of allylic oxidation sites excluding steroid dienone is 3. The quantitative estimate of drug-likeness (QED) is 0.323. The Labute approximate surface area is 242 Å². The standard InChI is InChI=1S/C32H27Cl2NO5/c1-18-29(32(37)38-12-11-19-5-3-2-4-6-19)30(23-15-27-28(16-24(23)34)40-17-39-27)31-25(35-18)13-21(14-26(31)36)20-7-9-22(33)10-8-20/h2-10,15-16,21,30,35H,11-14,17H2,1H3/t21-,30+/m0/s1. The fourth-order valence-electron chi connectivity index (χ4n) is 5.73. The molecule has 8 heteroatoms. The number of carbonyl (C=O) groups excluding carboxylic acids is 2. The van der Waals surface area contributed by atoms with Crippen LogP contribution in [0, 0.1) is 0 Å². The van der Waals surface area contributed by atoms with Crippen molar-refractivity contribution in [3.05, 3.63) is 116 Å². The molecule has 6 rings (SSSR count). The van der Waals surface area contributed by atoms with Crippen LogP contribution < -0.4 is 14.8 Å². The molecule has 204 valence electrons. The number of esters is 1. The molecule has 3 aliphatic rings. The number of carbonyl (C=O) groups is 2. The fraction of sp³-hybridized carbons (Fsp3) is 0.250. The van der Waals surface area contributed by atoms with E-state index >= 15 is 0 Å². The summed E-state index contributed by atoms with van der Waals surface area (Å²) in [7, 11) is 0. The minimum atomic E-state index is -0.707. The van der Waals surface area contributed by atoms with Gasteiger partial charge < -0.3 is 19.5 Å². The molecule has 2 aliphatic heterocycles. The summed E-state index contributed by atoms with van der Waals surface area (Å²) in [6.07, 6.45) is 1.49. The van der Waals surface area contributed by atoms with Gasteiger partial charge in [0.2, 0.25) is 6.79 Å². The largest absolute Gasteiger partial charge is 0.462 e. The summed E-state index contributed by atoms with van der Waals surface area (Å²) in [5, 5.41) is 4.42. The van der Waals surface area contributed by atoms with E-state index in [1.54, 1.807) is 12.1 Å². The topological polar surface area (TPSA) is 73.9 Å². The predicted molar refractivity (Wildman–Crippen MR) is 153 cm³/mol. The molecule has 2 heterocycles. The van der Waals surface area contributed by atoms with Gasteiger partial charge in [-0.15, -0.1) is 0 Å². The van der Waals surface area contributed by atoms with Gasteiger partial charge in [0.05, 0.1) is 12.2 Å². The Balaban J connectivity index is 1.36. The highest BCUT2D eigenvalue weighted by Gasteiger charge is 2.42. The third-order valence-electron chi connectivity index (χ3n) is 7.66. The van der Waals surface area contributed by atoms with Crippen LogP contribution in [0.15, 0.2) is 89.3 Å². The molecule has 0 aromatic heterocycles. The second kappa shape index (κ2) is 11.0. The van der Waals surface area contributed by atoms with Crippen LogP contribution >= 0.6 is 23.2 Å². The molecular weight excluding hydrogens is 549 g/mol. The number of Topliss-reactive ketones (excluding diaryl/α,β-unsaturated/α-hetero) is 1. The lowest BCUT2D eigenvalue weighted by Crippen LogP contribution is -2.36. The molecule has 1 aliphatic carbocycles. The van der Waals surface area contributed by atoms with E-state index in [9.17, 15) is 9.59 Å². The SMILES string of the molecule is CC1=C(C(=O)OCCc2ccccc2)[C@@H](c2cc3c(cc2Cl)OCO3)C2=C(C[C@H](c3ccc(Cl)cc3)CC2=O)N1. The van der Waals surface area contributed by atoms with Crippen LogP contribution in [0.5, 0.6) is 11.5 Å². The first-order valence-corrected chi connectivity index (χ1v) is 13.9. The molecule has 0 amide bonds. The number of dihydropyridines is 1. The molecule has 0 saturated heterocycles. The van der Waals surface area contributed by atoms with Crippen molar-refractivity contribution in [3.8, 4) is 11.5 Å². The van der Waals surface area contributed by atoms with E-state index in [1.165, 1.54) is 0 Å². The Bertz CT molecular complexity index is 1550. The maximum Gasteiger partial charge on any atom is 0.336 e. The lowest BCUT2D eigenvalue weighted by atomic mass is 9.71. The minimum absolute atomic E-state index is 0.0175. The molecule has 0 saturated carbocycles. The van der Waals surface area contributed by atoms with E-state index in [2.05, 4.69) is 5.32 Å². The number of hydrogen-bond acceptors (Lipinski definition) is 6. The van der Waals surface area contributed by atoms with Gasteiger partial charge in [0, 0.05) is 51.8 Å². The Hall–Kier alpha value is -3.74. The number of hydrogen-bond donors (Lipinski definition) is 1. The maximum atomic E-state index is 13.9. The summed E-state index contributed by atoms with van der Waals surface area (Å²) in [5.41, 5.74) is 5.03. The number of rotatable bonds is 6. The summed E-state index contributed by atoms with van der Waals surface area (Å²) in [4.78, 5) is 27.5. The normalized spacial score (nSPS) is 19.8. The van der Waals surface area contributed by atoms with Gasteiger partial charge in [-0.05, 0) is 54.2 Å². The summed E-state index contributed by atoms with van der Waals surface area (Å²) in [6, 6.07) is 20.9. The zero-order valence-electron chi connectivity index (χ0n) is 21.8. The zero-order chi connectivity index (χ0) is 27.8. The Morgan fingerprint density at radius 2 is 1.73 bits per heavy atom. The molecule has 0 spiro atoms. The van der Waals surface area contributed by atoms with Crippen molar-refractivity contribution in [3.63, 3.8) is 0 Å².